The van der Waals surface area contributed by atoms with Crippen molar-refractivity contribution in [1.82, 2.24) is 5.32 Å². The Hall–Kier alpha value is -0.390. The lowest BCUT2D eigenvalue weighted by Crippen LogP contribution is -2.58. The van der Waals surface area contributed by atoms with E-state index in [4.69, 9.17) is 5.73 Å². The van der Waals surface area contributed by atoms with E-state index >= 15 is 0 Å². The SMILES string of the molecule is NC1(C(=O)NCCc2ccc(Br)s2)CCC1. The standard InChI is InChI=1S/C11H15BrN2OS/c12-9-3-2-8(16-9)4-7-14-10(15)11(13)5-1-6-11/h2-3H,1,4-7,13H2,(H,14,15). The Morgan fingerprint density at radius 3 is 2.81 bits per heavy atom. The van der Waals surface area contributed by atoms with Crippen LogP contribution in [0.3, 0.4) is 0 Å². The Morgan fingerprint density at radius 2 is 2.31 bits per heavy atom. The molecule has 1 aliphatic carbocycles. The highest BCUT2D eigenvalue weighted by molar-refractivity contribution is 9.11. The van der Waals surface area contributed by atoms with Crippen LogP contribution in [0.1, 0.15) is 24.1 Å². The predicted octanol–water partition coefficient (Wildman–Crippen LogP) is 2.05. The molecule has 1 heterocycles. The van der Waals surface area contributed by atoms with Crippen LogP contribution in [-0.4, -0.2) is 18.0 Å². The first-order chi connectivity index (χ1) is 7.60. The second-order valence-corrected chi connectivity index (χ2v) is 6.77. The summed E-state index contributed by atoms with van der Waals surface area (Å²) in [6.07, 6.45) is 3.59. The van der Waals surface area contributed by atoms with Crippen molar-refractivity contribution in [2.24, 2.45) is 5.73 Å². The van der Waals surface area contributed by atoms with Gasteiger partial charge in [0.15, 0.2) is 0 Å². The molecular formula is C11H15BrN2OS. The third kappa shape index (κ3) is 2.64. The average Bonchev–Trinajstić information content (AvgIpc) is 2.60. The molecule has 0 spiro atoms. The topological polar surface area (TPSA) is 55.1 Å². The summed E-state index contributed by atoms with van der Waals surface area (Å²) in [6.45, 7) is 0.671. The summed E-state index contributed by atoms with van der Waals surface area (Å²) < 4.78 is 1.13. The van der Waals surface area contributed by atoms with E-state index in [9.17, 15) is 4.79 Å². The second kappa shape index (κ2) is 4.85. The zero-order valence-corrected chi connectivity index (χ0v) is 11.4. The van der Waals surface area contributed by atoms with E-state index in [0.29, 0.717) is 6.54 Å². The van der Waals surface area contributed by atoms with Crippen LogP contribution in [0.2, 0.25) is 0 Å². The van der Waals surface area contributed by atoms with Crippen LogP contribution in [0, 0.1) is 0 Å². The molecule has 0 atom stereocenters. The number of nitrogens with two attached hydrogens (primary N) is 1. The smallest absolute Gasteiger partial charge is 0.240 e. The summed E-state index contributed by atoms with van der Waals surface area (Å²) >= 11 is 5.12. The molecule has 0 aromatic carbocycles. The molecule has 1 aromatic rings. The predicted molar refractivity (Wildman–Crippen MR) is 69.5 cm³/mol. The largest absolute Gasteiger partial charge is 0.354 e. The van der Waals surface area contributed by atoms with Gasteiger partial charge in [-0.1, -0.05) is 0 Å². The van der Waals surface area contributed by atoms with Gasteiger partial charge in [0, 0.05) is 11.4 Å². The lowest BCUT2D eigenvalue weighted by molar-refractivity contribution is -0.129. The second-order valence-electron chi connectivity index (χ2n) is 4.22. The van der Waals surface area contributed by atoms with Crippen molar-refractivity contribution in [3.05, 3.63) is 20.8 Å². The van der Waals surface area contributed by atoms with Gasteiger partial charge in [0.2, 0.25) is 5.91 Å². The minimum Gasteiger partial charge on any atom is -0.354 e. The summed E-state index contributed by atoms with van der Waals surface area (Å²) in [7, 11) is 0. The molecule has 1 saturated carbocycles. The molecule has 0 aliphatic heterocycles. The van der Waals surface area contributed by atoms with Gasteiger partial charge in [0.05, 0.1) is 9.33 Å². The van der Waals surface area contributed by atoms with Crippen molar-refractivity contribution in [1.29, 1.82) is 0 Å². The van der Waals surface area contributed by atoms with Crippen molar-refractivity contribution < 1.29 is 4.79 Å². The molecule has 0 radical (unpaired) electrons. The highest BCUT2D eigenvalue weighted by Crippen LogP contribution is 2.29. The third-order valence-electron chi connectivity index (χ3n) is 2.98. The van der Waals surface area contributed by atoms with Crippen LogP contribution in [0.15, 0.2) is 15.9 Å². The maximum absolute atomic E-state index is 11.7. The van der Waals surface area contributed by atoms with E-state index in [1.165, 1.54) is 4.88 Å². The molecule has 1 amide bonds. The van der Waals surface area contributed by atoms with Crippen molar-refractivity contribution in [3.63, 3.8) is 0 Å². The molecule has 0 bridgehead atoms. The summed E-state index contributed by atoms with van der Waals surface area (Å²) in [5, 5.41) is 2.91. The lowest BCUT2D eigenvalue weighted by Gasteiger charge is -2.36. The van der Waals surface area contributed by atoms with Crippen LogP contribution < -0.4 is 11.1 Å². The van der Waals surface area contributed by atoms with E-state index in [2.05, 4.69) is 27.3 Å². The van der Waals surface area contributed by atoms with E-state index in [1.54, 1.807) is 11.3 Å². The first-order valence-corrected chi connectivity index (χ1v) is 7.02. The van der Waals surface area contributed by atoms with E-state index < -0.39 is 5.54 Å². The molecule has 0 unspecified atom stereocenters. The lowest BCUT2D eigenvalue weighted by atomic mass is 9.77. The molecule has 16 heavy (non-hydrogen) atoms. The molecule has 1 aromatic heterocycles. The number of nitrogens with one attached hydrogen (secondary N) is 1. The molecule has 1 aliphatic rings. The Labute approximate surface area is 108 Å². The minimum absolute atomic E-state index is 0.00868. The van der Waals surface area contributed by atoms with Gasteiger partial charge in [-0.25, -0.2) is 0 Å². The van der Waals surface area contributed by atoms with Gasteiger partial charge >= 0.3 is 0 Å². The van der Waals surface area contributed by atoms with E-state index in [-0.39, 0.29) is 5.91 Å². The Bertz CT molecular complexity index is 387. The molecule has 1 fully saturated rings. The summed E-state index contributed by atoms with van der Waals surface area (Å²) in [4.78, 5) is 13.0. The monoisotopic (exact) mass is 302 g/mol. The first-order valence-electron chi connectivity index (χ1n) is 5.41. The van der Waals surface area contributed by atoms with Crippen LogP contribution in [-0.2, 0) is 11.2 Å². The molecule has 2 rings (SSSR count). The number of hydrogen-bond acceptors (Lipinski definition) is 3. The first kappa shape index (κ1) is 12.1. The van der Waals surface area contributed by atoms with E-state index in [0.717, 1.165) is 29.5 Å². The van der Waals surface area contributed by atoms with Gasteiger partial charge in [-0.15, -0.1) is 11.3 Å². The molecular weight excluding hydrogens is 288 g/mol. The van der Waals surface area contributed by atoms with Gasteiger partial charge in [0.25, 0.3) is 0 Å². The highest BCUT2D eigenvalue weighted by Gasteiger charge is 2.39. The summed E-state index contributed by atoms with van der Waals surface area (Å²) in [5.74, 6) is 0.00868. The van der Waals surface area contributed by atoms with Crippen LogP contribution in [0.25, 0.3) is 0 Å². The molecule has 3 N–H and O–H groups in total. The fourth-order valence-electron chi connectivity index (χ4n) is 1.75. The maximum atomic E-state index is 11.7. The van der Waals surface area contributed by atoms with Gasteiger partial charge in [-0.3, -0.25) is 4.79 Å². The fourth-order valence-corrected chi connectivity index (χ4v) is 3.23. The summed E-state index contributed by atoms with van der Waals surface area (Å²) in [5.41, 5.74) is 5.34. The number of rotatable bonds is 4. The van der Waals surface area contributed by atoms with Gasteiger partial charge in [-0.05, 0) is 53.7 Å². The van der Waals surface area contributed by atoms with Gasteiger partial charge in [0.1, 0.15) is 0 Å². The van der Waals surface area contributed by atoms with Gasteiger partial charge in [-0.2, -0.15) is 0 Å². The van der Waals surface area contributed by atoms with E-state index in [1.807, 2.05) is 6.07 Å². The Kier molecular flexibility index (Phi) is 3.66. The maximum Gasteiger partial charge on any atom is 0.240 e. The Balaban J connectivity index is 1.74. The quantitative estimate of drug-likeness (QED) is 0.894. The van der Waals surface area contributed by atoms with Crippen molar-refractivity contribution >= 4 is 33.2 Å². The highest BCUT2D eigenvalue weighted by atomic mass is 79.9. The minimum atomic E-state index is -0.573. The number of amides is 1. The number of carbonyl (C=O) groups is 1. The zero-order valence-electron chi connectivity index (χ0n) is 8.96. The van der Waals surface area contributed by atoms with Crippen molar-refractivity contribution in [3.8, 4) is 0 Å². The van der Waals surface area contributed by atoms with Crippen LogP contribution in [0.4, 0.5) is 0 Å². The summed E-state index contributed by atoms with van der Waals surface area (Å²) in [6, 6.07) is 4.10. The van der Waals surface area contributed by atoms with Crippen molar-refractivity contribution in [2.75, 3.05) is 6.54 Å². The number of hydrogen-bond donors (Lipinski definition) is 2. The van der Waals surface area contributed by atoms with Crippen LogP contribution >= 0.6 is 27.3 Å². The third-order valence-corrected chi connectivity index (χ3v) is 4.67. The number of thiophene rings is 1. The van der Waals surface area contributed by atoms with Gasteiger partial charge < -0.3 is 11.1 Å². The normalized spacial score (nSPS) is 17.9. The molecule has 5 heteroatoms. The van der Waals surface area contributed by atoms with Crippen molar-refractivity contribution in [2.45, 2.75) is 31.2 Å². The average molecular weight is 303 g/mol. The molecule has 88 valence electrons. The molecule has 0 saturated heterocycles. The fraction of sp³-hybridized carbons (Fsp3) is 0.545. The number of halogens is 1. The van der Waals surface area contributed by atoms with Crippen LogP contribution in [0.5, 0.6) is 0 Å². The molecule has 3 nitrogen and oxygen atoms in total. The Morgan fingerprint density at radius 1 is 1.56 bits per heavy atom. The number of carbonyl (C=O) groups excluding carboxylic acids is 1. The zero-order chi connectivity index (χ0) is 11.6.